The Morgan fingerprint density at radius 2 is 1.69 bits per heavy atom. The topological polar surface area (TPSA) is 0 Å². The Kier molecular flexibility index (Phi) is 8.11. The molecule has 0 saturated carbocycles. The van der Waals surface area contributed by atoms with Crippen molar-refractivity contribution in [3.8, 4) is 0 Å². The van der Waals surface area contributed by atoms with E-state index >= 15 is 0 Å². The summed E-state index contributed by atoms with van der Waals surface area (Å²) in [4.78, 5) is 0. The molecule has 0 aromatic carbocycles. The second-order valence-corrected chi connectivity index (χ2v) is 11.9. The first-order chi connectivity index (χ1) is 7.23. The van der Waals surface area contributed by atoms with Gasteiger partial charge in [0.2, 0.25) is 0 Å². The summed E-state index contributed by atoms with van der Waals surface area (Å²) < 4.78 is 0. The van der Waals surface area contributed by atoms with Crippen LogP contribution in [-0.2, 0) is 20.8 Å². The maximum atomic E-state index is 4.93. The van der Waals surface area contributed by atoms with Crippen molar-refractivity contribution in [1.82, 2.24) is 0 Å². The fraction of sp³-hybridized carbons (Fsp3) is 0.667. The van der Waals surface area contributed by atoms with Gasteiger partial charge in [-0.1, -0.05) is 51.6 Å². The van der Waals surface area contributed by atoms with E-state index in [0.717, 1.165) is 5.54 Å². The van der Waals surface area contributed by atoms with Gasteiger partial charge in [0.25, 0.3) is 0 Å². The van der Waals surface area contributed by atoms with Gasteiger partial charge in [-0.05, 0) is 23.5 Å². The van der Waals surface area contributed by atoms with E-state index in [0.29, 0.717) is 5.41 Å². The van der Waals surface area contributed by atoms with Gasteiger partial charge >= 0.3 is 37.9 Å². The van der Waals surface area contributed by atoms with Crippen LogP contribution in [0.5, 0.6) is 0 Å². The SMILES string of the molecule is CC1=CC(C(C)(C)C)=CC1[Si](C)C.[Cl][Zr][Cl]. The van der Waals surface area contributed by atoms with E-state index in [4.69, 9.17) is 17.0 Å². The molecule has 0 spiro atoms. The molecule has 0 aromatic heterocycles. The average molecular weight is 356 g/mol. The molecule has 1 radical (unpaired) electrons. The summed E-state index contributed by atoms with van der Waals surface area (Å²) in [6, 6.07) is 0. The predicted octanol–water partition coefficient (Wildman–Crippen LogP) is 5.42. The van der Waals surface area contributed by atoms with Crippen LogP contribution in [0.15, 0.2) is 23.3 Å². The molecule has 0 amide bonds. The summed E-state index contributed by atoms with van der Waals surface area (Å²) in [6.45, 7) is 14.0. The molecule has 0 fully saturated rings. The van der Waals surface area contributed by atoms with Gasteiger partial charge < -0.3 is 0 Å². The van der Waals surface area contributed by atoms with E-state index in [-0.39, 0.29) is 8.80 Å². The molecule has 0 aromatic rings. The van der Waals surface area contributed by atoms with Crippen molar-refractivity contribution in [3.05, 3.63) is 23.3 Å². The maximum absolute atomic E-state index is 4.93. The number of rotatable bonds is 1. The zero-order chi connectivity index (χ0) is 12.9. The first-order valence-electron chi connectivity index (χ1n) is 5.40. The molecule has 0 heterocycles. The molecule has 16 heavy (non-hydrogen) atoms. The summed E-state index contributed by atoms with van der Waals surface area (Å²) in [5.41, 5.74) is 4.21. The summed E-state index contributed by atoms with van der Waals surface area (Å²) in [7, 11) is 9.67. The number of hydrogen-bond donors (Lipinski definition) is 0. The Morgan fingerprint density at radius 1 is 1.25 bits per heavy atom. The molecule has 0 aliphatic heterocycles. The minimum absolute atomic E-state index is 0.198. The van der Waals surface area contributed by atoms with Gasteiger partial charge in [0.05, 0.1) is 8.80 Å². The Morgan fingerprint density at radius 3 is 1.88 bits per heavy atom. The molecule has 1 rings (SSSR count). The third kappa shape index (κ3) is 5.67. The molecular weight excluding hydrogens is 334 g/mol. The van der Waals surface area contributed by atoms with E-state index in [1.54, 1.807) is 5.57 Å². The van der Waals surface area contributed by atoms with Crippen LogP contribution in [0, 0.1) is 5.41 Å². The Bertz CT molecular complexity index is 277. The molecule has 1 atom stereocenters. The van der Waals surface area contributed by atoms with Gasteiger partial charge in [-0.3, -0.25) is 0 Å². The zero-order valence-electron chi connectivity index (χ0n) is 11.0. The van der Waals surface area contributed by atoms with Crippen LogP contribution in [0.4, 0.5) is 0 Å². The Labute approximate surface area is 121 Å². The van der Waals surface area contributed by atoms with Crippen molar-refractivity contribution in [3.63, 3.8) is 0 Å². The molecule has 1 aliphatic carbocycles. The fourth-order valence-corrected chi connectivity index (χ4v) is 3.29. The summed E-state index contributed by atoms with van der Waals surface area (Å²) in [6.07, 6.45) is 4.88. The van der Waals surface area contributed by atoms with Crippen LogP contribution in [0.2, 0.25) is 18.6 Å². The molecule has 0 nitrogen and oxygen atoms in total. The van der Waals surface area contributed by atoms with Crippen molar-refractivity contribution in [1.29, 1.82) is 0 Å². The fourth-order valence-electron chi connectivity index (χ4n) is 1.78. The zero-order valence-corrected chi connectivity index (χ0v) is 16.0. The molecule has 1 aliphatic rings. The molecule has 4 heteroatoms. The van der Waals surface area contributed by atoms with E-state index < -0.39 is 20.8 Å². The molecule has 0 N–H and O–H groups in total. The molecule has 0 bridgehead atoms. The third-order valence-corrected chi connectivity index (χ3v) is 4.57. The minimum atomic E-state index is -0.826. The van der Waals surface area contributed by atoms with Crippen molar-refractivity contribution < 1.29 is 20.8 Å². The summed E-state index contributed by atoms with van der Waals surface area (Å²) >= 11 is -0.826. The van der Waals surface area contributed by atoms with E-state index in [9.17, 15) is 0 Å². The Hall–Kier alpha value is 1.16. The quantitative estimate of drug-likeness (QED) is 0.551. The van der Waals surface area contributed by atoms with Crippen molar-refractivity contribution in [2.45, 2.75) is 46.3 Å². The third-order valence-electron chi connectivity index (χ3n) is 2.71. The van der Waals surface area contributed by atoms with Crippen LogP contribution in [-0.4, -0.2) is 8.80 Å². The second kappa shape index (κ2) is 7.56. The molecule has 1 unspecified atom stereocenters. The van der Waals surface area contributed by atoms with Gasteiger partial charge in [-0.25, -0.2) is 0 Å². The van der Waals surface area contributed by atoms with Gasteiger partial charge in [0.15, 0.2) is 0 Å². The van der Waals surface area contributed by atoms with Crippen LogP contribution in [0.25, 0.3) is 0 Å². The van der Waals surface area contributed by atoms with Gasteiger partial charge in [0, 0.05) is 0 Å². The summed E-state index contributed by atoms with van der Waals surface area (Å²) in [5.74, 6) is 0. The standard InChI is InChI=1S/C12H21Si.2ClH.Zr/c1-9-7-10(12(2,3)4)8-11(9)13(5)6;;;/h7-8,11H,1-6H3;2*1H;/q;;;+2/p-2. The number of halogens is 2. The number of allylic oxidation sites excluding steroid dienone is 4. The average Bonchev–Trinajstić information content (AvgIpc) is 2.47. The van der Waals surface area contributed by atoms with Crippen LogP contribution in [0.1, 0.15) is 27.7 Å². The molecule has 0 saturated heterocycles. The van der Waals surface area contributed by atoms with Gasteiger partial charge in [-0.15, -0.1) is 0 Å². The first-order valence-corrected chi connectivity index (χ1v) is 14.3. The normalized spacial score (nSPS) is 19.9. The van der Waals surface area contributed by atoms with Gasteiger partial charge in [0.1, 0.15) is 0 Å². The first kappa shape index (κ1) is 17.2. The Balaban J connectivity index is 0.000000673. The van der Waals surface area contributed by atoms with Gasteiger partial charge in [-0.2, -0.15) is 0 Å². The van der Waals surface area contributed by atoms with Crippen molar-refractivity contribution in [2.24, 2.45) is 5.41 Å². The van der Waals surface area contributed by atoms with Crippen LogP contribution >= 0.6 is 17.0 Å². The van der Waals surface area contributed by atoms with Crippen molar-refractivity contribution in [2.75, 3.05) is 0 Å². The van der Waals surface area contributed by atoms with E-state index in [1.165, 1.54) is 5.57 Å². The molecule has 91 valence electrons. The van der Waals surface area contributed by atoms with Crippen LogP contribution < -0.4 is 0 Å². The molecular formula is C12H21Cl2SiZr. The summed E-state index contributed by atoms with van der Waals surface area (Å²) in [5, 5.41) is 0. The van der Waals surface area contributed by atoms with E-state index in [1.807, 2.05) is 0 Å². The second-order valence-electron chi connectivity index (χ2n) is 5.39. The predicted molar refractivity (Wildman–Crippen MR) is 74.2 cm³/mol. The number of hydrogen-bond acceptors (Lipinski definition) is 0. The van der Waals surface area contributed by atoms with E-state index in [2.05, 4.69) is 52.9 Å². The van der Waals surface area contributed by atoms with Crippen molar-refractivity contribution >= 4 is 25.8 Å². The van der Waals surface area contributed by atoms with Crippen LogP contribution in [0.3, 0.4) is 0 Å². The monoisotopic (exact) mass is 353 g/mol.